The predicted octanol–water partition coefficient (Wildman–Crippen LogP) is 3.16. The quantitative estimate of drug-likeness (QED) is 0.686. The molecule has 104 valence electrons. The summed E-state index contributed by atoms with van der Waals surface area (Å²) in [6.07, 6.45) is 3.00. The molecule has 2 rings (SSSR count). The number of carbonyl (C=O) groups is 2. The largest absolute Gasteiger partial charge is 0.497 e. The third kappa shape index (κ3) is 2.56. The molecule has 0 aliphatic rings. The normalized spacial score (nSPS) is 10.9. The van der Waals surface area contributed by atoms with Crippen LogP contribution in [0, 0.1) is 0 Å². The van der Waals surface area contributed by atoms with Gasteiger partial charge < -0.3 is 14.5 Å². The lowest BCUT2D eigenvalue weighted by molar-refractivity contribution is -0.111. The van der Waals surface area contributed by atoms with Crippen LogP contribution in [0.25, 0.3) is 11.0 Å². The zero-order chi connectivity index (χ0) is 14.7. The Morgan fingerprint density at radius 2 is 2.10 bits per heavy atom. The van der Waals surface area contributed by atoms with E-state index >= 15 is 0 Å². The molecule has 20 heavy (non-hydrogen) atoms. The SMILES string of the molecule is C/C=C/C(=O)Nc1c(C(C)=O)oc2cc(OC)ccc12. The molecule has 0 saturated carbocycles. The third-order valence-electron chi connectivity index (χ3n) is 2.78. The maximum atomic E-state index is 11.7. The molecule has 5 heteroatoms. The maximum Gasteiger partial charge on any atom is 0.248 e. The number of fused-ring (bicyclic) bond motifs is 1. The molecule has 0 saturated heterocycles. The molecule has 0 atom stereocenters. The molecule has 0 radical (unpaired) electrons. The first-order chi connectivity index (χ1) is 9.56. The first kappa shape index (κ1) is 13.9. The van der Waals surface area contributed by atoms with Gasteiger partial charge >= 0.3 is 0 Å². The fourth-order valence-corrected chi connectivity index (χ4v) is 1.89. The summed E-state index contributed by atoms with van der Waals surface area (Å²) in [5.74, 6) is 0.184. The number of benzene rings is 1. The van der Waals surface area contributed by atoms with Gasteiger partial charge in [-0.2, -0.15) is 0 Å². The smallest absolute Gasteiger partial charge is 0.248 e. The second-order valence-electron chi connectivity index (χ2n) is 4.21. The van der Waals surface area contributed by atoms with E-state index in [9.17, 15) is 9.59 Å². The Hall–Kier alpha value is -2.56. The molecule has 1 aromatic carbocycles. The molecule has 0 bridgehead atoms. The summed E-state index contributed by atoms with van der Waals surface area (Å²) < 4.78 is 10.6. The van der Waals surface area contributed by atoms with E-state index in [1.807, 2.05) is 0 Å². The van der Waals surface area contributed by atoms with E-state index in [0.717, 1.165) is 0 Å². The number of amides is 1. The van der Waals surface area contributed by atoms with Gasteiger partial charge in [0.2, 0.25) is 5.91 Å². The Kier molecular flexibility index (Phi) is 3.89. The number of hydrogen-bond donors (Lipinski definition) is 1. The van der Waals surface area contributed by atoms with Crippen LogP contribution in [0.15, 0.2) is 34.8 Å². The zero-order valence-electron chi connectivity index (χ0n) is 11.5. The molecule has 1 amide bonds. The van der Waals surface area contributed by atoms with Gasteiger partial charge in [-0.15, -0.1) is 0 Å². The van der Waals surface area contributed by atoms with Crippen LogP contribution in [0.4, 0.5) is 5.69 Å². The number of anilines is 1. The average molecular weight is 273 g/mol. The van der Waals surface area contributed by atoms with Crippen LogP contribution in [0.3, 0.4) is 0 Å². The Morgan fingerprint density at radius 3 is 2.70 bits per heavy atom. The molecule has 0 fully saturated rings. The van der Waals surface area contributed by atoms with Crippen molar-refractivity contribution < 1.29 is 18.7 Å². The van der Waals surface area contributed by atoms with E-state index in [4.69, 9.17) is 9.15 Å². The zero-order valence-corrected chi connectivity index (χ0v) is 11.5. The van der Waals surface area contributed by atoms with Gasteiger partial charge in [0, 0.05) is 18.4 Å². The van der Waals surface area contributed by atoms with Crippen molar-refractivity contribution in [2.75, 3.05) is 12.4 Å². The average Bonchev–Trinajstić information content (AvgIpc) is 2.77. The third-order valence-corrected chi connectivity index (χ3v) is 2.78. The van der Waals surface area contributed by atoms with Crippen molar-refractivity contribution in [2.45, 2.75) is 13.8 Å². The van der Waals surface area contributed by atoms with Crippen molar-refractivity contribution in [3.05, 3.63) is 36.1 Å². The highest BCUT2D eigenvalue weighted by Crippen LogP contribution is 2.33. The molecular weight excluding hydrogens is 258 g/mol. The highest BCUT2D eigenvalue weighted by molar-refractivity contribution is 6.12. The van der Waals surface area contributed by atoms with E-state index < -0.39 is 0 Å². The second kappa shape index (κ2) is 5.61. The van der Waals surface area contributed by atoms with Crippen LogP contribution >= 0.6 is 0 Å². The Labute approximate surface area is 116 Å². The minimum absolute atomic E-state index is 0.131. The Bertz CT molecular complexity index is 697. The van der Waals surface area contributed by atoms with Crippen molar-refractivity contribution in [1.29, 1.82) is 0 Å². The van der Waals surface area contributed by atoms with Crippen LogP contribution in [0.2, 0.25) is 0 Å². The summed E-state index contributed by atoms with van der Waals surface area (Å²) in [4.78, 5) is 23.3. The fourth-order valence-electron chi connectivity index (χ4n) is 1.89. The van der Waals surface area contributed by atoms with Crippen LogP contribution in [0.5, 0.6) is 5.75 Å². The Morgan fingerprint density at radius 1 is 1.35 bits per heavy atom. The van der Waals surface area contributed by atoms with Gasteiger partial charge in [0.25, 0.3) is 0 Å². The monoisotopic (exact) mass is 273 g/mol. The first-order valence-corrected chi connectivity index (χ1v) is 6.12. The summed E-state index contributed by atoms with van der Waals surface area (Å²) in [6.45, 7) is 3.13. The number of hydrogen-bond acceptors (Lipinski definition) is 4. The molecule has 1 N–H and O–H groups in total. The van der Waals surface area contributed by atoms with Gasteiger partial charge in [-0.1, -0.05) is 6.08 Å². The molecule has 1 heterocycles. The van der Waals surface area contributed by atoms with E-state index in [-0.39, 0.29) is 17.5 Å². The van der Waals surface area contributed by atoms with Gasteiger partial charge in [0.05, 0.1) is 12.8 Å². The number of ether oxygens (including phenoxy) is 1. The molecule has 0 unspecified atom stereocenters. The lowest BCUT2D eigenvalue weighted by Crippen LogP contribution is -2.09. The standard InChI is InChI=1S/C15H15NO4/c1-4-5-13(18)16-14-11-7-6-10(19-3)8-12(11)20-15(14)9(2)17/h4-8H,1-3H3,(H,16,18)/b5-4+. The summed E-state index contributed by atoms with van der Waals surface area (Å²) in [5, 5.41) is 3.33. The molecule has 2 aromatic rings. The predicted molar refractivity (Wildman–Crippen MR) is 76.2 cm³/mol. The number of allylic oxidation sites excluding steroid dienone is 1. The van der Waals surface area contributed by atoms with Crippen molar-refractivity contribution in [2.24, 2.45) is 0 Å². The summed E-state index contributed by atoms with van der Waals surface area (Å²) in [7, 11) is 1.55. The number of Topliss-reactive ketones (excluding diaryl/α,β-unsaturated/α-hetero) is 1. The number of rotatable bonds is 4. The number of nitrogens with one attached hydrogen (secondary N) is 1. The lowest BCUT2D eigenvalue weighted by Gasteiger charge is -2.02. The topological polar surface area (TPSA) is 68.5 Å². The van der Waals surface area contributed by atoms with Gasteiger partial charge in [-0.25, -0.2) is 0 Å². The van der Waals surface area contributed by atoms with E-state index in [1.165, 1.54) is 13.0 Å². The lowest BCUT2D eigenvalue weighted by atomic mass is 10.2. The minimum Gasteiger partial charge on any atom is -0.497 e. The summed E-state index contributed by atoms with van der Waals surface area (Å²) in [5.41, 5.74) is 0.878. The molecular formula is C15H15NO4. The fraction of sp³-hybridized carbons (Fsp3) is 0.200. The van der Waals surface area contributed by atoms with Gasteiger partial charge in [0.1, 0.15) is 11.3 Å². The molecule has 0 aliphatic carbocycles. The molecule has 0 aliphatic heterocycles. The van der Waals surface area contributed by atoms with Gasteiger partial charge in [0.15, 0.2) is 11.5 Å². The summed E-state index contributed by atoms with van der Waals surface area (Å²) >= 11 is 0. The maximum absolute atomic E-state index is 11.7. The van der Waals surface area contributed by atoms with Crippen LogP contribution in [0.1, 0.15) is 24.4 Å². The van der Waals surface area contributed by atoms with Crippen LogP contribution in [-0.4, -0.2) is 18.8 Å². The molecule has 0 spiro atoms. The summed E-state index contributed by atoms with van der Waals surface area (Å²) in [6, 6.07) is 5.16. The van der Waals surface area contributed by atoms with Gasteiger partial charge in [-0.05, 0) is 25.1 Å². The van der Waals surface area contributed by atoms with E-state index in [1.54, 1.807) is 38.3 Å². The van der Waals surface area contributed by atoms with Crippen molar-refractivity contribution >= 4 is 28.3 Å². The second-order valence-corrected chi connectivity index (χ2v) is 4.21. The number of ketones is 1. The molecule has 1 aromatic heterocycles. The van der Waals surface area contributed by atoms with Crippen LogP contribution in [-0.2, 0) is 4.79 Å². The minimum atomic E-state index is -0.312. The molecule has 5 nitrogen and oxygen atoms in total. The van der Waals surface area contributed by atoms with Crippen molar-refractivity contribution in [1.82, 2.24) is 0 Å². The Balaban J connectivity index is 2.57. The van der Waals surface area contributed by atoms with E-state index in [2.05, 4.69) is 5.32 Å². The highest BCUT2D eigenvalue weighted by atomic mass is 16.5. The van der Waals surface area contributed by atoms with Gasteiger partial charge in [-0.3, -0.25) is 9.59 Å². The highest BCUT2D eigenvalue weighted by Gasteiger charge is 2.19. The van der Waals surface area contributed by atoms with Crippen LogP contribution < -0.4 is 10.1 Å². The van der Waals surface area contributed by atoms with Crippen molar-refractivity contribution in [3.8, 4) is 5.75 Å². The van der Waals surface area contributed by atoms with Crippen molar-refractivity contribution in [3.63, 3.8) is 0 Å². The van der Waals surface area contributed by atoms with E-state index in [0.29, 0.717) is 22.4 Å². The first-order valence-electron chi connectivity index (χ1n) is 6.12. The number of carbonyl (C=O) groups excluding carboxylic acids is 2. The number of methoxy groups -OCH3 is 1. The number of furan rings is 1.